The summed E-state index contributed by atoms with van der Waals surface area (Å²) in [6.45, 7) is 22.6. The summed E-state index contributed by atoms with van der Waals surface area (Å²) in [6, 6.07) is 44.2. The van der Waals surface area contributed by atoms with Crippen molar-refractivity contribution >= 4 is 40.1 Å². The van der Waals surface area contributed by atoms with Crippen molar-refractivity contribution in [2.45, 2.75) is 155 Å². The van der Waals surface area contributed by atoms with Crippen molar-refractivity contribution in [3.63, 3.8) is 0 Å². The minimum Gasteiger partial charge on any atom is -0.495 e. The summed E-state index contributed by atoms with van der Waals surface area (Å²) in [4.78, 5) is 21.2. The highest BCUT2D eigenvalue weighted by Crippen LogP contribution is 2.68. The van der Waals surface area contributed by atoms with Gasteiger partial charge >= 0.3 is 6.16 Å². The monoisotopic (exact) mass is 1150 g/mol. The summed E-state index contributed by atoms with van der Waals surface area (Å²) < 4.78 is 26.8. The lowest BCUT2D eigenvalue weighted by atomic mass is 9.47. The summed E-state index contributed by atoms with van der Waals surface area (Å²) >= 11 is 0. The van der Waals surface area contributed by atoms with Crippen LogP contribution in [0.3, 0.4) is 0 Å². The van der Waals surface area contributed by atoms with Crippen LogP contribution in [-0.4, -0.2) is 64.7 Å². The number of benzene rings is 6. The SMILES string of the molecule is COc1cc2c3c(c4c(c2cc1N1CCC(OC(=O)OC2CCC5(C)C(=CCC6C5CCC5(C)C(C(C)CCCC(C)C)CCC65)C2)CC1)-c1ccccc1C4(C)C)C=CC(c1ccccc1)(c1ccc(N2CCN(c4ccccc4)CC2)cc1)O3. The molecule has 8 aliphatic rings. The van der Waals surface area contributed by atoms with Gasteiger partial charge in [0, 0.05) is 97.4 Å². The average molecular weight is 1150 g/mol. The van der Waals surface area contributed by atoms with E-state index in [1.54, 1.807) is 12.7 Å². The molecule has 0 bridgehead atoms. The second-order valence-electron chi connectivity index (χ2n) is 29.0. The molecule has 3 heterocycles. The van der Waals surface area contributed by atoms with Crippen molar-refractivity contribution in [1.29, 1.82) is 0 Å². The molecule has 2 saturated heterocycles. The standard InChI is InChI=1S/C78H93N3O5/c1-51(2)18-17-19-52(3)65-32-33-67-60-31-28-55-48-59(34-39-76(55,6)68(60)36-40-77(65,67)7)85-74(82)84-58-37-42-81(43-38-58)69-49-63-64(50-70(69)83-8)73-62(72-71(63)61-24-15-16-25-66(61)75(72,4)5)35-41-78(86-73,53-20-11-9-12-21-53)54-26-29-57(30-27-54)80-46-44-79(45-47-80)56-22-13-10-14-23-56/h9-16,20-30,35,41,49-52,58-60,65,67-68H,17-19,31-34,36-40,42-48H2,1-8H3. The number of ether oxygens (including phenoxy) is 4. The number of allylic oxidation sites excluding steroid dienone is 1. The molecule has 5 fully saturated rings. The molecule has 6 aromatic carbocycles. The number of fused-ring (bicyclic) bond motifs is 13. The molecule has 86 heavy (non-hydrogen) atoms. The van der Waals surface area contributed by atoms with E-state index in [2.05, 4.69) is 203 Å². The van der Waals surface area contributed by atoms with Gasteiger partial charge in [0.05, 0.1) is 12.8 Å². The zero-order chi connectivity index (χ0) is 59.1. The van der Waals surface area contributed by atoms with Gasteiger partial charge in [0.1, 0.15) is 23.7 Å². The lowest BCUT2D eigenvalue weighted by Crippen LogP contribution is -2.51. The van der Waals surface area contributed by atoms with Crippen LogP contribution in [0.15, 0.2) is 139 Å². The normalized spacial score (nSPS) is 28.5. The molecular formula is C78H93N3O5. The third-order valence-corrected chi connectivity index (χ3v) is 23.7. The van der Waals surface area contributed by atoms with E-state index in [4.69, 9.17) is 18.9 Å². The Balaban J connectivity index is 0.686. The van der Waals surface area contributed by atoms with E-state index in [9.17, 15) is 4.79 Å². The Kier molecular flexibility index (Phi) is 14.9. The first-order valence-electron chi connectivity index (χ1n) is 33.4. The third kappa shape index (κ3) is 9.72. The van der Waals surface area contributed by atoms with Gasteiger partial charge in [-0.3, -0.25) is 0 Å². The Morgan fingerprint density at radius 3 is 2.06 bits per heavy atom. The van der Waals surface area contributed by atoms with Crippen LogP contribution in [0.4, 0.5) is 21.9 Å². The minimum atomic E-state index is -0.901. The molecule has 3 saturated carbocycles. The van der Waals surface area contributed by atoms with Gasteiger partial charge in [0.25, 0.3) is 0 Å². The van der Waals surface area contributed by atoms with Crippen LogP contribution in [0.2, 0.25) is 0 Å². The first-order valence-corrected chi connectivity index (χ1v) is 33.4. The van der Waals surface area contributed by atoms with Crippen LogP contribution in [0.25, 0.3) is 28.0 Å². The maximum Gasteiger partial charge on any atom is 0.508 e. The number of piperidine rings is 1. The zero-order valence-electron chi connectivity index (χ0n) is 52.7. The van der Waals surface area contributed by atoms with Crippen LogP contribution in [0.5, 0.6) is 11.5 Å². The lowest BCUT2D eigenvalue weighted by molar-refractivity contribution is -0.0643. The van der Waals surface area contributed by atoms with E-state index >= 15 is 0 Å². The van der Waals surface area contributed by atoms with E-state index in [0.29, 0.717) is 18.3 Å². The number of para-hydroxylation sites is 1. The maximum absolute atomic E-state index is 13.8. The first kappa shape index (κ1) is 57.1. The number of methoxy groups -OCH3 is 1. The molecule has 14 rings (SSSR count). The molecule has 0 spiro atoms. The molecule has 450 valence electrons. The number of nitrogens with zero attached hydrogens (tertiary/aromatic N) is 3. The molecule has 0 amide bonds. The Bertz CT molecular complexity index is 3540. The molecule has 9 unspecified atom stereocenters. The second kappa shape index (κ2) is 22.5. The summed E-state index contributed by atoms with van der Waals surface area (Å²) in [5.41, 5.74) is 13.0. The Hall–Kier alpha value is -6.67. The number of piperazine rings is 1. The fourth-order valence-electron chi connectivity index (χ4n) is 19.1. The second-order valence-corrected chi connectivity index (χ2v) is 29.0. The molecule has 0 N–H and O–H groups in total. The number of carbonyl (C=O) groups is 1. The van der Waals surface area contributed by atoms with Crippen molar-refractivity contribution < 1.29 is 23.7 Å². The fourth-order valence-corrected chi connectivity index (χ4v) is 19.1. The summed E-state index contributed by atoms with van der Waals surface area (Å²) in [7, 11) is 1.79. The summed E-state index contributed by atoms with van der Waals surface area (Å²) in [6.07, 6.45) is 21.6. The number of rotatable bonds is 13. The van der Waals surface area contributed by atoms with Crippen molar-refractivity contribution in [2.24, 2.45) is 46.3 Å². The summed E-state index contributed by atoms with van der Waals surface area (Å²) in [5.74, 6) is 6.52. The lowest BCUT2D eigenvalue weighted by Gasteiger charge is -2.58. The first-order chi connectivity index (χ1) is 41.7. The van der Waals surface area contributed by atoms with E-state index < -0.39 is 11.8 Å². The molecule has 0 aromatic heterocycles. The van der Waals surface area contributed by atoms with Gasteiger partial charge in [-0.05, 0) is 161 Å². The van der Waals surface area contributed by atoms with Crippen molar-refractivity contribution in [2.75, 3.05) is 61.1 Å². The largest absolute Gasteiger partial charge is 0.508 e. The fraction of sp³-hybridized carbons (Fsp3) is 0.500. The molecule has 3 aliphatic heterocycles. The molecule has 9 atom stereocenters. The number of hydrogen-bond acceptors (Lipinski definition) is 8. The molecule has 8 heteroatoms. The van der Waals surface area contributed by atoms with Crippen LogP contribution in [0.1, 0.15) is 160 Å². The molecule has 6 aromatic rings. The highest BCUT2D eigenvalue weighted by molar-refractivity contribution is 6.10. The predicted octanol–water partition coefficient (Wildman–Crippen LogP) is 18.4. The summed E-state index contributed by atoms with van der Waals surface area (Å²) in [5, 5.41) is 2.18. The number of carbonyl (C=O) groups excluding carboxylic acids is 1. The van der Waals surface area contributed by atoms with Gasteiger partial charge < -0.3 is 33.6 Å². The minimum absolute atomic E-state index is 0.130. The van der Waals surface area contributed by atoms with Crippen LogP contribution < -0.4 is 24.2 Å². The predicted molar refractivity (Wildman–Crippen MR) is 352 cm³/mol. The van der Waals surface area contributed by atoms with Crippen LogP contribution in [-0.2, 0) is 20.5 Å². The van der Waals surface area contributed by atoms with Crippen molar-refractivity contribution in [3.8, 4) is 22.6 Å². The number of anilines is 3. The molecule has 0 radical (unpaired) electrons. The highest BCUT2D eigenvalue weighted by atomic mass is 16.7. The quantitative estimate of drug-likeness (QED) is 0.0837. The maximum atomic E-state index is 13.8. The van der Waals surface area contributed by atoms with E-state index in [1.165, 1.54) is 85.0 Å². The van der Waals surface area contributed by atoms with Gasteiger partial charge in [-0.25, -0.2) is 4.79 Å². The zero-order valence-corrected chi connectivity index (χ0v) is 52.7. The van der Waals surface area contributed by atoms with E-state index in [0.717, 1.165) is 139 Å². The van der Waals surface area contributed by atoms with Crippen LogP contribution >= 0.6 is 0 Å². The van der Waals surface area contributed by atoms with Crippen molar-refractivity contribution in [3.05, 3.63) is 167 Å². The molecular weight excluding hydrogens is 1060 g/mol. The van der Waals surface area contributed by atoms with Gasteiger partial charge in [0.2, 0.25) is 0 Å². The Morgan fingerprint density at radius 1 is 0.663 bits per heavy atom. The topological polar surface area (TPSA) is 63.7 Å². The third-order valence-electron chi connectivity index (χ3n) is 23.7. The van der Waals surface area contributed by atoms with E-state index in [-0.39, 0.29) is 23.0 Å². The van der Waals surface area contributed by atoms with Gasteiger partial charge in [0.15, 0.2) is 5.60 Å². The van der Waals surface area contributed by atoms with E-state index in [1.807, 2.05) is 0 Å². The Morgan fingerprint density at radius 2 is 1.34 bits per heavy atom. The van der Waals surface area contributed by atoms with Gasteiger partial charge in [-0.15, -0.1) is 0 Å². The van der Waals surface area contributed by atoms with Gasteiger partial charge in [-0.2, -0.15) is 0 Å². The van der Waals surface area contributed by atoms with Gasteiger partial charge in [-0.1, -0.05) is 170 Å². The van der Waals surface area contributed by atoms with Crippen molar-refractivity contribution in [1.82, 2.24) is 0 Å². The smallest absolute Gasteiger partial charge is 0.495 e. The molecule has 8 nitrogen and oxygen atoms in total. The molecule has 5 aliphatic carbocycles. The highest BCUT2D eigenvalue weighted by Gasteiger charge is 2.59. The Labute approximate surface area is 513 Å². The number of hydrogen-bond donors (Lipinski definition) is 0. The average Bonchev–Trinajstić information content (AvgIpc) is 1.46. The van der Waals surface area contributed by atoms with Crippen LogP contribution in [0, 0.1) is 46.3 Å².